The van der Waals surface area contributed by atoms with E-state index in [0.29, 0.717) is 0 Å². The summed E-state index contributed by atoms with van der Waals surface area (Å²) in [6.07, 6.45) is 9.36. The maximum atomic E-state index is 2.12. The van der Waals surface area contributed by atoms with E-state index in [4.69, 9.17) is 0 Å². The van der Waals surface area contributed by atoms with Gasteiger partial charge in [0.25, 0.3) is 0 Å². The molecular weight excluding hydrogens is 84.1 g/mol. The Bertz CT molecular complexity index is 68.1. The van der Waals surface area contributed by atoms with Crippen molar-refractivity contribution in [1.82, 2.24) is 0 Å². The van der Waals surface area contributed by atoms with Gasteiger partial charge in [-0.2, -0.15) is 0 Å². The van der Waals surface area contributed by atoms with Crippen LogP contribution in [-0.2, 0) is 0 Å². The minimum Gasteiger partial charge on any atom is -0.0877 e. The smallest absolute Gasteiger partial charge is 0.0376 e. The first kappa shape index (κ1) is 6.48. The van der Waals surface area contributed by atoms with E-state index in [0.717, 1.165) is 6.42 Å². The van der Waals surface area contributed by atoms with Crippen LogP contribution in [0.3, 0.4) is 0 Å². The molecule has 0 heterocycles. The van der Waals surface area contributed by atoms with E-state index >= 15 is 0 Å². The summed E-state index contributed by atoms with van der Waals surface area (Å²) in [7, 11) is 0. The van der Waals surface area contributed by atoms with Crippen LogP contribution < -0.4 is 0 Å². The first-order chi connectivity index (χ1) is 3.41. The molecule has 7 heavy (non-hydrogen) atoms. The molecule has 0 amide bonds. The molecule has 0 rings (SSSR count). The van der Waals surface area contributed by atoms with Crippen LogP contribution in [0.25, 0.3) is 0 Å². The summed E-state index contributed by atoms with van der Waals surface area (Å²) in [5, 5.41) is 0. The van der Waals surface area contributed by atoms with Gasteiger partial charge in [-0.25, -0.2) is 0 Å². The van der Waals surface area contributed by atoms with Gasteiger partial charge in [0.1, 0.15) is 0 Å². The molecule has 0 aliphatic rings. The molecule has 0 N–H and O–H groups in total. The molecule has 0 aromatic heterocycles. The minimum atomic E-state index is 1.13. The Labute approximate surface area is 45.5 Å². The normalized spacial score (nSPS) is 11.7. The van der Waals surface area contributed by atoms with Crippen molar-refractivity contribution in [1.29, 1.82) is 0 Å². The zero-order chi connectivity index (χ0) is 5.54. The Balaban J connectivity index is 3.09. The van der Waals surface area contributed by atoms with Gasteiger partial charge in [-0.15, -0.1) is 0 Å². The molecule has 0 aliphatic carbocycles. The van der Waals surface area contributed by atoms with E-state index in [1.54, 1.807) is 0 Å². The second-order valence-electron chi connectivity index (χ2n) is 1.36. The predicted octanol–water partition coefficient (Wildman–Crippen LogP) is 2.53. The number of allylic oxidation sites excluding steroid dienone is 4. The van der Waals surface area contributed by atoms with Gasteiger partial charge in [0, 0.05) is 0 Å². The standard InChI is InChI=1S/C7H12/c1-3-5-7-6-4-2/h3,5-7H,4H2,1-2H3/b5-3+,7-6+. The Morgan fingerprint density at radius 1 is 1.29 bits per heavy atom. The van der Waals surface area contributed by atoms with Gasteiger partial charge in [-0.1, -0.05) is 31.2 Å². The van der Waals surface area contributed by atoms with Gasteiger partial charge >= 0.3 is 0 Å². The predicted molar refractivity (Wildman–Crippen MR) is 34.2 cm³/mol. The number of hydrogen-bond donors (Lipinski definition) is 0. The van der Waals surface area contributed by atoms with Gasteiger partial charge < -0.3 is 0 Å². The monoisotopic (exact) mass is 96.1 g/mol. The molecule has 0 radical (unpaired) electrons. The first-order valence-electron chi connectivity index (χ1n) is 2.69. The highest BCUT2D eigenvalue weighted by molar-refractivity contribution is 5.00. The quantitative estimate of drug-likeness (QED) is 0.463. The van der Waals surface area contributed by atoms with Crippen LogP contribution in [0.5, 0.6) is 0 Å². The molecule has 0 aromatic rings. The average Bonchev–Trinajstić information content (AvgIpc) is 1.69. The van der Waals surface area contributed by atoms with E-state index in [1.807, 2.05) is 19.1 Å². The summed E-state index contributed by atoms with van der Waals surface area (Å²) in [4.78, 5) is 0. The third-order valence-corrected chi connectivity index (χ3v) is 0.675. The van der Waals surface area contributed by atoms with Crippen LogP contribution in [-0.4, -0.2) is 0 Å². The molecule has 0 saturated carbocycles. The van der Waals surface area contributed by atoms with Crippen LogP contribution >= 0.6 is 0 Å². The van der Waals surface area contributed by atoms with Crippen LogP contribution in [0.1, 0.15) is 20.3 Å². The molecule has 0 aliphatic heterocycles. The van der Waals surface area contributed by atoms with E-state index in [1.165, 1.54) is 0 Å². The zero-order valence-electron chi connectivity index (χ0n) is 5.02. The van der Waals surface area contributed by atoms with Gasteiger partial charge in [0.05, 0.1) is 0 Å². The highest BCUT2D eigenvalue weighted by Crippen LogP contribution is 1.79. The van der Waals surface area contributed by atoms with Crippen molar-refractivity contribution in [2.75, 3.05) is 0 Å². The lowest BCUT2D eigenvalue weighted by Crippen LogP contribution is -1.48. The molecular formula is C7H12. The highest BCUT2D eigenvalue weighted by Gasteiger charge is 1.57. The van der Waals surface area contributed by atoms with Crippen LogP contribution in [0.2, 0.25) is 0 Å². The molecule has 0 aromatic carbocycles. The SMILES string of the molecule is C/C=C/C=C/CC. The fourth-order valence-corrected chi connectivity index (χ4v) is 0.326. The summed E-state index contributed by atoms with van der Waals surface area (Å²) < 4.78 is 0. The molecule has 0 atom stereocenters. The van der Waals surface area contributed by atoms with Crippen molar-refractivity contribution in [3.8, 4) is 0 Å². The second kappa shape index (κ2) is 5.48. The molecule has 0 unspecified atom stereocenters. The largest absolute Gasteiger partial charge is 0.0877 e. The summed E-state index contributed by atoms with van der Waals surface area (Å²) in [6.45, 7) is 4.14. The van der Waals surface area contributed by atoms with Crippen LogP contribution in [0.15, 0.2) is 24.3 Å². The van der Waals surface area contributed by atoms with E-state index in [2.05, 4.69) is 19.1 Å². The summed E-state index contributed by atoms with van der Waals surface area (Å²) >= 11 is 0. The van der Waals surface area contributed by atoms with Crippen molar-refractivity contribution in [3.05, 3.63) is 24.3 Å². The zero-order valence-corrected chi connectivity index (χ0v) is 5.02. The van der Waals surface area contributed by atoms with Gasteiger partial charge in [-0.3, -0.25) is 0 Å². The lowest BCUT2D eigenvalue weighted by atomic mass is 10.4. The van der Waals surface area contributed by atoms with E-state index in [-0.39, 0.29) is 0 Å². The number of hydrogen-bond acceptors (Lipinski definition) is 0. The van der Waals surface area contributed by atoms with Gasteiger partial charge in [0.15, 0.2) is 0 Å². The lowest BCUT2D eigenvalue weighted by molar-refractivity contribution is 1.22. The van der Waals surface area contributed by atoms with Crippen molar-refractivity contribution >= 4 is 0 Å². The van der Waals surface area contributed by atoms with Crippen molar-refractivity contribution < 1.29 is 0 Å². The maximum Gasteiger partial charge on any atom is -0.0376 e. The molecule has 0 spiro atoms. The maximum absolute atomic E-state index is 2.12. The van der Waals surface area contributed by atoms with E-state index < -0.39 is 0 Å². The Morgan fingerprint density at radius 3 is 2.43 bits per heavy atom. The molecule has 0 heteroatoms. The molecule has 0 bridgehead atoms. The highest BCUT2D eigenvalue weighted by atomic mass is 13.6. The number of rotatable bonds is 2. The van der Waals surface area contributed by atoms with Crippen molar-refractivity contribution in [2.24, 2.45) is 0 Å². The first-order valence-corrected chi connectivity index (χ1v) is 2.69. The topological polar surface area (TPSA) is 0 Å². The Hall–Kier alpha value is -0.520. The summed E-state index contributed by atoms with van der Waals surface area (Å²) in [6, 6.07) is 0. The Kier molecular flexibility index (Phi) is 5.07. The van der Waals surface area contributed by atoms with E-state index in [9.17, 15) is 0 Å². The van der Waals surface area contributed by atoms with Crippen molar-refractivity contribution in [3.63, 3.8) is 0 Å². The summed E-state index contributed by atoms with van der Waals surface area (Å²) in [5.74, 6) is 0. The Morgan fingerprint density at radius 2 is 2.00 bits per heavy atom. The molecule has 40 valence electrons. The average molecular weight is 96.2 g/mol. The van der Waals surface area contributed by atoms with Gasteiger partial charge in [0.2, 0.25) is 0 Å². The summed E-state index contributed by atoms with van der Waals surface area (Å²) in [5.41, 5.74) is 0. The third-order valence-electron chi connectivity index (χ3n) is 0.675. The molecule has 0 nitrogen and oxygen atoms in total. The third kappa shape index (κ3) is 5.48. The fourth-order valence-electron chi connectivity index (χ4n) is 0.326. The van der Waals surface area contributed by atoms with Crippen LogP contribution in [0.4, 0.5) is 0 Å². The van der Waals surface area contributed by atoms with Gasteiger partial charge in [-0.05, 0) is 13.3 Å². The van der Waals surface area contributed by atoms with Crippen molar-refractivity contribution in [2.45, 2.75) is 20.3 Å². The fraction of sp³-hybridized carbons (Fsp3) is 0.429. The van der Waals surface area contributed by atoms with Crippen LogP contribution in [0, 0.1) is 0 Å². The lowest BCUT2D eigenvalue weighted by Gasteiger charge is -1.70. The molecule has 0 fully saturated rings. The second-order valence-corrected chi connectivity index (χ2v) is 1.36. The molecule has 0 saturated heterocycles. The minimum absolute atomic E-state index is 1.13.